The lowest BCUT2D eigenvalue weighted by Gasteiger charge is -2.14. The summed E-state index contributed by atoms with van der Waals surface area (Å²) in [6.07, 6.45) is 0.993. The zero-order chi connectivity index (χ0) is 25.4. The summed E-state index contributed by atoms with van der Waals surface area (Å²) in [4.78, 5) is 24.1. The lowest BCUT2D eigenvalue weighted by molar-refractivity contribution is -0.126. The van der Waals surface area contributed by atoms with Gasteiger partial charge in [-0.3, -0.25) is 9.59 Å². The summed E-state index contributed by atoms with van der Waals surface area (Å²) in [6, 6.07) is 15.3. The third kappa shape index (κ3) is 7.86. The number of carbonyl (C=O) groups is 2. The van der Waals surface area contributed by atoms with Gasteiger partial charge >= 0.3 is 0 Å². The molecule has 0 aliphatic carbocycles. The Morgan fingerprint density at radius 3 is 2.51 bits per heavy atom. The van der Waals surface area contributed by atoms with Crippen LogP contribution in [0.25, 0.3) is 0 Å². The Morgan fingerprint density at radius 1 is 1.03 bits per heavy atom. The van der Waals surface area contributed by atoms with Crippen LogP contribution in [-0.4, -0.2) is 25.1 Å². The molecule has 35 heavy (non-hydrogen) atoms. The van der Waals surface area contributed by atoms with Gasteiger partial charge in [0, 0.05) is 15.6 Å². The number of hydrogen-bond acceptors (Lipinski definition) is 5. The molecule has 182 valence electrons. The topological polar surface area (TPSA) is 89.0 Å². The Morgan fingerprint density at radius 2 is 1.80 bits per heavy atom. The molecule has 2 amide bonds. The number of benzene rings is 3. The van der Waals surface area contributed by atoms with Crippen molar-refractivity contribution in [2.75, 3.05) is 12.4 Å². The standard InChI is InChI=1S/C24H19BrCl3N3O4/c1-34-21-9-14(8-17(25)24(21)35-13-15-6-7-16(26)10-19(15)28)12-29-31-23(33)11-22(32)30-20-5-3-2-4-18(20)27/h2-10,12H,11,13H2,1H3,(H,30,32)(H,31,33). The molecule has 3 aromatic carbocycles. The molecule has 3 rings (SSSR count). The number of rotatable bonds is 9. The van der Waals surface area contributed by atoms with Gasteiger partial charge in [-0.05, 0) is 57.9 Å². The first-order valence-corrected chi connectivity index (χ1v) is 12.0. The number of carbonyl (C=O) groups excluding carboxylic acids is 2. The van der Waals surface area contributed by atoms with Crippen molar-refractivity contribution in [3.05, 3.63) is 85.3 Å². The fourth-order valence-corrected chi connectivity index (χ4v) is 4.08. The van der Waals surface area contributed by atoms with Gasteiger partial charge in [0.1, 0.15) is 13.0 Å². The maximum Gasteiger partial charge on any atom is 0.249 e. The van der Waals surface area contributed by atoms with E-state index in [2.05, 4.69) is 31.8 Å². The molecule has 2 N–H and O–H groups in total. The summed E-state index contributed by atoms with van der Waals surface area (Å²) in [7, 11) is 1.50. The fraction of sp³-hybridized carbons (Fsp3) is 0.125. The molecule has 11 heteroatoms. The van der Waals surface area contributed by atoms with E-state index in [0.717, 1.165) is 5.56 Å². The van der Waals surface area contributed by atoms with E-state index in [0.29, 0.717) is 42.3 Å². The summed E-state index contributed by atoms with van der Waals surface area (Å²) < 4.78 is 11.9. The largest absolute Gasteiger partial charge is 0.493 e. The summed E-state index contributed by atoms with van der Waals surface area (Å²) >= 11 is 21.6. The summed E-state index contributed by atoms with van der Waals surface area (Å²) in [5, 5.41) is 7.88. The molecule has 0 fully saturated rings. The third-order valence-corrected chi connectivity index (χ3v) is 6.02. The quantitative estimate of drug-likeness (QED) is 0.168. The molecule has 0 aliphatic heterocycles. The molecule has 3 aromatic rings. The van der Waals surface area contributed by atoms with Gasteiger partial charge in [0.2, 0.25) is 11.8 Å². The molecule has 0 saturated carbocycles. The van der Waals surface area contributed by atoms with Crippen LogP contribution < -0.4 is 20.2 Å². The third-order valence-electron chi connectivity index (χ3n) is 4.51. The predicted octanol–water partition coefficient (Wildman–Crippen LogP) is 6.48. The minimum atomic E-state index is -0.586. The molecule has 7 nitrogen and oxygen atoms in total. The second-order valence-corrected chi connectivity index (χ2v) is 9.16. The zero-order valence-electron chi connectivity index (χ0n) is 18.3. The molecular formula is C24H19BrCl3N3O4. The van der Waals surface area contributed by atoms with Gasteiger partial charge in [0.25, 0.3) is 0 Å². The van der Waals surface area contributed by atoms with E-state index < -0.39 is 18.2 Å². The van der Waals surface area contributed by atoms with E-state index in [1.165, 1.54) is 13.3 Å². The molecule has 0 heterocycles. The van der Waals surface area contributed by atoms with E-state index in [9.17, 15) is 9.59 Å². The number of nitrogens with zero attached hydrogens (tertiary/aromatic N) is 1. The van der Waals surface area contributed by atoms with Gasteiger partial charge < -0.3 is 14.8 Å². The zero-order valence-corrected chi connectivity index (χ0v) is 22.1. The first-order valence-electron chi connectivity index (χ1n) is 10.1. The van der Waals surface area contributed by atoms with Crippen LogP contribution in [0.1, 0.15) is 17.5 Å². The highest BCUT2D eigenvalue weighted by atomic mass is 79.9. The SMILES string of the molecule is COc1cc(C=NNC(=O)CC(=O)Nc2ccccc2Cl)cc(Br)c1OCc1ccc(Cl)cc1Cl. The summed E-state index contributed by atoms with van der Waals surface area (Å²) in [5.74, 6) is -0.193. The average Bonchev–Trinajstić information content (AvgIpc) is 2.80. The maximum absolute atomic E-state index is 12.0. The van der Waals surface area contributed by atoms with Gasteiger partial charge in [-0.25, -0.2) is 5.43 Å². The van der Waals surface area contributed by atoms with E-state index in [1.54, 1.807) is 54.6 Å². The molecular weight excluding hydrogens is 581 g/mol. The first-order chi connectivity index (χ1) is 16.8. The van der Waals surface area contributed by atoms with Crippen LogP contribution >= 0.6 is 50.7 Å². The molecule has 0 bridgehead atoms. The number of hydrogen-bond donors (Lipinski definition) is 2. The Labute approximate surface area is 225 Å². The first kappa shape index (κ1) is 26.8. The average molecular weight is 600 g/mol. The fourth-order valence-electron chi connectivity index (χ4n) is 2.86. The Balaban J connectivity index is 1.59. The van der Waals surface area contributed by atoms with E-state index >= 15 is 0 Å². The normalized spacial score (nSPS) is 10.8. The second kappa shape index (κ2) is 12.8. The molecule has 0 saturated heterocycles. The molecule has 0 atom stereocenters. The summed E-state index contributed by atoms with van der Waals surface area (Å²) in [5.41, 5.74) is 4.12. The van der Waals surface area contributed by atoms with Crippen molar-refractivity contribution in [2.45, 2.75) is 13.0 Å². The van der Waals surface area contributed by atoms with Crippen LogP contribution in [0.5, 0.6) is 11.5 Å². The Kier molecular flexibility index (Phi) is 9.80. The molecule has 0 radical (unpaired) electrons. The predicted molar refractivity (Wildman–Crippen MR) is 142 cm³/mol. The van der Waals surface area contributed by atoms with Gasteiger partial charge in [-0.1, -0.05) is 53.0 Å². The smallest absolute Gasteiger partial charge is 0.249 e. The van der Waals surface area contributed by atoms with Crippen LogP contribution in [0.2, 0.25) is 15.1 Å². The number of methoxy groups -OCH3 is 1. The molecule has 0 unspecified atom stereocenters. The number of ether oxygens (including phenoxy) is 2. The van der Waals surface area contributed by atoms with E-state index in [-0.39, 0.29) is 6.61 Å². The van der Waals surface area contributed by atoms with Crippen LogP contribution in [-0.2, 0) is 16.2 Å². The lowest BCUT2D eigenvalue weighted by atomic mass is 10.2. The van der Waals surface area contributed by atoms with Gasteiger partial charge in [0.15, 0.2) is 11.5 Å². The number of halogens is 4. The number of para-hydroxylation sites is 1. The van der Waals surface area contributed by atoms with Crippen molar-refractivity contribution < 1.29 is 19.1 Å². The highest BCUT2D eigenvalue weighted by Gasteiger charge is 2.13. The summed E-state index contributed by atoms with van der Waals surface area (Å²) in [6.45, 7) is 0.199. The van der Waals surface area contributed by atoms with Crippen molar-refractivity contribution in [1.82, 2.24) is 5.43 Å². The van der Waals surface area contributed by atoms with Crippen LogP contribution in [0, 0.1) is 0 Å². The molecule has 0 aromatic heterocycles. The van der Waals surface area contributed by atoms with Crippen molar-refractivity contribution in [1.29, 1.82) is 0 Å². The number of nitrogens with one attached hydrogen (secondary N) is 2. The Bertz CT molecular complexity index is 1270. The van der Waals surface area contributed by atoms with Crippen molar-refractivity contribution in [3.8, 4) is 11.5 Å². The van der Waals surface area contributed by atoms with Gasteiger partial charge in [-0.2, -0.15) is 5.10 Å². The van der Waals surface area contributed by atoms with Gasteiger partial charge in [-0.15, -0.1) is 0 Å². The lowest BCUT2D eigenvalue weighted by Crippen LogP contribution is -2.24. The number of amides is 2. The number of hydrazone groups is 1. The highest BCUT2D eigenvalue weighted by Crippen LogP contribution is 2.37. The van der Waals surface area contributed by atoms with Crippen molar-refractivity contribution in [2.24, 2.45) is 5.10 Å². The highest BCUT2D eigenvalue weighted by molar-refractivity contribution is 9.10. The van der Waals surface area contributed by atoms with E-state index in [4.69, 9.17) is 44.3 Å². The maximum atomic E-state index is 12.0. The minimum absolute atomic E-state index is 0.199. The van der Waals surface area contributed by atoms with Gasteiger partial charge in [0.05, 0.1) is 28.5 Å². The van der Waals surface area contributed by atoms with Crippen molar-refractivity contribution in [3.63, 3.8) is 0 Å². The van der Waals surface area contributed by atoms with Crippen LogP contribution in [0.15, 0.2) is 64.2 Å². The van der Waals surface area contributed by atoms with Crippen LogP contribution in [0.3, 0.4) is 0 Å². The molecule has 0 aliphatic rings. The van der Waals surface area contributed by atoms with Crippen LogP contribution in [0.4, 0.5) is 5.69 Å². The van der Waals surface area contributed by atoms with Crippen molar-refractivity contribution >= 4 is 74.4 Å². The number of anilines is 1. The second-order valence-electron chi connectivity index (χ2n) is 7.06. The monoisotopic (exact) mass is 597 g/mol. The molecule has 0 spiro atoms. The minimum Gasteiger partial charge on any atom is -0.493 e. The van der Waals surface area contributed by atoms with E-state index in [1.807, 2.05) is 0 Å². The Hall–Kier alpha value is -2.78.